The number of aliphatic carboxylic acids is 2. The zero-order valence-corrected chi connectivity index (χ0v) is 22.4. The Labute approximate surface area is 210 Å². The van der Waals surface area contributed by atoms with Gasteiger partial charge in [-0.2, -0.15) is 0 Å². The fourth-order valence-electron chi connectivity index (χ4n) is 11.5. The first kappa shape index (κ1) is 25.3. The van der Waals surface area contributed by atoms with Crippen molar-refractivity contribution < 1.29 is 24.9 Å². The molecule has 5 aliphatic rings. The Morgan fingerprint density at radius 1 is 0.771 bits per heavy atom. The molecule has 0 aromatic carbocycles. The summed E-state index contributed by atoms with van der Waals surface area (Å²) in [5.74, 6) is -0.315. The normalized spacial score (nSPS) is 55.1. The first-order valence-corrected chi connectivity index (χ1v) is 14.0. The Bertz CT molecular complexity index is 958. The van der Waals surface area contributed by atoms with Crippen molar-refractivity contribution in [3.8, 4) is 0 Å². The van der Waals surface area contributed by atoms with Crippen LogP contribution >= 0.6 is 0 Å². The average molecular weight is 487 g/mol. The van der Waals surface area contributed by atoms with Crippen LogP contribution in [0.2, 0.25) is 0 Å². The monoisotopic (exact) mass is 486 g/mol. The van der Waals surface area contributed by atoms with E-state index in [0.29, 0.717) is 18.3 Å². The van der Waals surface area contributed by atoms with Gasteiger partial charge >= 0.3 is 11.9 Å². The number of aliphatic hydroxyl groups is 1. The summed E-state index contributed by atoms with van der Waals surface area (Å²) in [5, 5.41) is 31.6. The van der Waals surface area contributed by atoms with E-state index < -0.39 is 28.9 Å². The van der Waals surface area contributed by atoms with E-state index in [9.17, 15) is 24.9 Å². The minimum Gasteiger partial charge on any atom is -0.481 e. The molecular weight excluding hydrogens is 440 g/mol. The summed E-state index contributed by atoms with van der Waals surface area (Å²) in [6, 6.07) is 0. The highest BCUT2D eigenvalue weighted by molar-refractivity contribution is 5.76. The number of rotatable bonds is 3. The number of aliphatic hydroxyl groups excluding tert-OH is 1. The van der Waals surface area contributed by atoms with Gasteiger partial charge in [0.15, 0.2) is 0 Å². The fourth-order valence-corrected chi connectivity index (χ4v) is 11.5. The molecule has 11 atom stereocenters. The topological polar surface area (TPSA) is 94.8 Å². The molecular formula is C30H46O5. The van der Waals surface area contributed by atoms with Gasteiger partial charge in [0.2, 0.25) is 0 Å². The maximum atomic E-state index is 12.8. The van der Waals surface area contributed by atoms with Crippen LogP contribution in [0, 0.1) is 56.7 Å². The number of carboxylic acids is 2. The number of carbonyl (C=O) groups is 2. The summed E-state index contributed by atoms with van der Waals surface area (Å²) in [7, 11) is 0. The van der Waals surface area contributed by atoms with E-state index in [-0.39, 0.29) is 34.0 Å². The zero-order valence-electron chi connectivity index (χ0n) is 22.4. The number of fused-ring (bicyclic) bond motifs is 7. The predicted molar refractivity (Wildman–Crippen MR) is 135 cm³/mol. The minimum atomic E-state index is -1.10. The molecule has 3 N–H and O–H groups in total. The first-order valence-electron chi connectivity index (χ1n) is 14.0. The summed E-state index contributed by atoms with van der Waals surface area (Å²) in [6.07, 6.45) is 7.86. The highest BCUT2D eigenvalue weighted by atomic mass is 16.4. The zero-order chi connectivity index (χ0) is 25.8. The van der Waals surface area contributed by atoms with Crippen LogP contribution in [0.1, 0.15) is 98.8 Å². The summed E-state index contributed by atoms with van der Waals surface area (Å²) in [6.45, 7) is 15.4. The van der Waals surface area contributed by atoms with E-state index in [0.717, 1.165) is 63.4 Å². The average Bonchev–Trinajstić information content (AvgIpc) is 3.18. The van der Waals surface area contributed by atoms with Gasteiger partial charge in [0.1, 0.15) is 0 Å². The van der Waals surface area contributed by atoms with Crippen molar-refractivity contribution >= 4 is 11.9 Å². The molecule has 35 heavy (non-hydrogen) atoms. The van der Waals surface area contributed by atoms with E-state index in [1.54, 1.807) is 6.92 Å². The van der Waals surface area contributed by atoms with Crippen LogP contribution in [0.15, 0.2) is 12.2 Å². The molecule has 0 aromatic heterocycles. The van der Waals surface area contributed by atoms with Gasteiger partial charge in [-0.25, -0.2) is 0 Å². The smallest absolute Gasteiger partial charge is 0.312 e. The van der Waals surface area contributed by atoms with Gasteiger partial charge in [0.25, 0.3) is 0 Å². The first-order chi connectivity index (χ1) is 16.2. The third-order valence-corrected chi connectivity index (χ3v) is 13.6. The van der Waals surface area contributed by atoms with Crippen LogP contribution in [0.5, 0.6) is 0 Å². The predicted octanol–water partition coefficient (Wildman–Crippen LogP) is 6.15. The van der Waals surface area contributed by atoms with E-state index >= 15 is 0 Å². The van der Waals surface area contributed by atoms with Gasteiger partial charge in [-0.3, -0.25) is 9.59 Å². The van der Waals surface area contributed by atoms with Gasteiger partial charge in [0.05, 0.1) is 16.9 Å². The number of allylic oxidation sites excluding steroid dienone is 1. The van der Waals surface area contributed by atoms with Gasteiger partial charge in [-0.1, -0.05) is 32.9 Å². The third-order valence-electron chi connectivity index (χ3n) is 13.6. The molecule has 196 valence electrons. The van der Waals surface area contributed by atoms with Crippen LogP contribution in [-0.2, 0) is 9.59 Å². The molecule has 5 nitrogen and oxygen atoms in total. The van der Waals surface area contributed by atoms with Crippen molar-refractivity contribution in [3.63, 3.8) is 0 Å². The minimum absolute atomic E-state index is 0.0290. The van der Waals surface area contributed by atoms with Gasteiger partial charge in [0, 0.05) is 0 Å². The van der Waals surface area contributed by atoms with Crippen LogP contribution in [-0.4, -0.2) is 33.4 Å². The fraction of sp³-hybridized carbons (Fsp3) is 0.867. The quantitative estimate of drug-likeness (QED) is 0.416. The molecule has 5 heteroatoms. The molecule has 5 rings (SSSR count). The van der Waals surface area contributed by atoms with Crippen LogP contribution in [0.25, 0.3) is 0 Å². The molecule has 0 radical (unpaired) electrons. The molecule has 0 bridgehead atoms. The standard InChI is InChI=1S/C30H46O5/c1-17(2)18-9-14-30(25(34)35)16-15-27(4)19(23(18)30)7-8-20-26(3)12-11-22(31)29(6,24(32)33)21(26)10-13-28(20,27)5/h18-23,31H,1,7-16H2,2-6H3,(H,32,33)(H,34,35)/t18?,19?,20?,21?,22-,23?,26-,27-,28-,29+,30+/m1/s1. The van der Waals surface area contributed by atoms with E-state index in [4.69, 9.17) is 0 Å². The van der Waals surface area contributed by atoms with Gasteiger partial charge in [-0.05, 0) is 124 Å². The number of hydrogen-bond acceptors (Lipinski definition) is 3. The second-order valence-corrected chi connectivity index (χ2v) is 14.3. The molecule has 5 aliphatic carbocycles. The molecule has 0 aliphatic heterocycles. The van der Waals surface area contributed by atoms with E-state index in [2.05, 4.69) is 34.3 Å². The lowest BCUT2D eigenvalue weighted by molar-refractivity contribution is -0.251. The lowest BCUT2D eigenvalue weighted by Crippen LogP contribution is -2.68. The van der Waals surface area contributed by atoms with E-state index in [1.165, 1.54) is 0 Å². The largest absolute Gasteiger partial charge is 0.481 e. The molecule has 0 heterocycles. The Morgan fingerprint density at radius 3 is 2.06 bits per heavy atom. The Morgan fingerprint density at radius 2 is 1.46 bits per heavy atom. The summed E-state index contributed by atoms with van der Waals surface area (Å²) in [5.41, 5.74) is -0.638. The van der Waals surface area contributed by atoms with Crippen molar-refractivity contribution in [3.05, 3.63) is 12.2 Å². The van der Waals surface area contributed by atoms with Crippen molar-refractivity contribution in [1.82, 2.24) is 0 Å². The Hall–Kier alpha value is -1.36. The Balaban J connectivity index is 1.57. The van der Waals surface area contributed by atoms with Crippen LogP contribution < -0.4 is 0 Å². The van der Waals surface area contributed by atoms with E-state index in [1.807, 2.05) is 0 Å². The maximum Gasteiger partial charge on any atom is 0.312 e. The number of hydrogen-bond donors (Lipinski definition) is 3. The summed E-state index contributed by atoms with van der Waals surface area (Å²) >= 11 is 0. The van der Waals surface area contributed by atoms with Crippen LogP contribution in [0.3, 0.4) is 0 Å². The van der Waals surface area contributed by atoms with Crippen LogP contribution in [0.4, 0.5) is 0 Å². The van der Waals surface area contributed by atoms with Gasteiger partial charge < -0.3 is 15.3 Å². The SMILES string of the molecule is C=C(C)C1CC[C@]2(C(=O)O)CC[C@]3(C)C(CCC4[C@@]5(C)CC[C@@H](O)[C@@](C)(C(=O)O)C5CC[C@]43C)C12. The second-order valence-electron chi connectivity index (χ2n) is 14.3. The second kappa shape index (κ2) is 7.58. The Kier molecular flexibility index (Phi) is 5.48. The van der Waals surface area contributed by atoms with Crippen molar-refractivity contribution in [2.45, 2.75) is 105 Å². The molecule has 5 saturated carbocycles. The number of carboxylic acid groups (broad SMARTS) is 2. The summed E-state index contributed by atoms with van der Waals surface area (Å²) < 4.78 is 0. The lowest BCUT2D eigenvalue weighted by Gasteiger charge is -2.72. The molecule has 0 amide bonds. The van der Waals surface area contributed by atoms with Gasteiger partial charge in [-0.15, -0.1) is 0 Å². The van der Waals surface area contributed by atoms with Crippen molar-refractivity contribution in [1.29, 1.82) is 0 Å². The van der Waals surface area contributed by atoms with Crippen molar-refractivity contribution in [2.24, 2.45) is 56.7 Å². The molecule has 5 fully saturated rings. The molecule has 0 spiro atoms. The highest BCUT2D eigenvalue weighted by Crippen LogP contribution is 2.77. The lowest BCUT2D eigenvalue weighted by atomic mass is 9.32. The highest BCUT2D eigenvalue weighted by Gasteiger charge is 2.73. The molecule has 5 unspecified atom stereocenters. The third kappa shape index (κ3) is 2.85. The summed E-state index contributed by atoms with van der Waals surface area (Å²) in [4.78, 5) is 25.3. The molecule has 0 saturated heterocycles. The van der Waals surface area contributed by atoms with Crippen molar-refractivity contribution in [2.75, 3.05) is 0 Å². The maximum absolute atomic E-state index is 12.8. The molecule has 0 aromatic rings.